The molecule has 0 unspecified atom stereocenters. The van der Waals surface area contributed by atoms with Gasteiger partial charge in [0.05, 0.1) is 5.69 Å². The van der Waals surface area contributed by atoms with E-state index in [4.69, 9.17) is 0 Å². The first-order valence-corrected chi connectivity index (χ1v) is 15.1. The number of aromatic nitrogens is 3. The second-order valence-electron chi connectivity index (χ2n) is 10.3. The van der Waals surface area contributed by atoms with Gasteiger partial charge in [-0.15, -0.1) is 18.3 Å². The molecule has 2 amide bonds. The molecule has 0 bridgehead atoms. The summed E-state index contributed by atoms with van der Waals surface area (Å²) in [5, 5.41) is 5.11. The Morgan fingerprint density at radius 1 is 1.07 bits per heavy atom. The maximum absolute atomic E-state index is 12.8. The zero-order valence-electron chi connectivity index (χ0n) is 24.5. The van der Waals surface area contributed by atoms with Gasteiger partial charge in [0.1, 0.15) is 12.1 Å². The van der Waals surface area contributed by atoms with Crippen molar-refractivity contribution in [2.75, 3.05) is 17.2 Å². The Labute approximate surface area is 257 Å². The molecular formula is C32H31F3N6O2S. The summed E-state index contributed by atoms with van der Waals surface area (Å²) in [7, 11) is 0. The fourth-order valence-electron chi connectivity index (χ4n) is 4.82. The minimum Gasteiger partial charge on any atom is -0.406 e. The summed E-state index contributed by atoms with van der Waals surface area (Å²) in [6, 6.07) is 18.8. The fourth-order valence-corrected chi connectivity index (χ4v) is 5.77. The number of carbonyl (C=O) groups is 1. The van der Waals surface area contributed by atoms with Crippen molar-refractivity contribution in [1.29, 1.82) is 0 Å². The molecule has 2 heterocycles. The largest absolute Gasteiger partial charge is 0.573 e. The first-order valence-electron chi connectivity index (χ1n) is 14.1. The standard InChI is InChI=1S/C32H31F3N6O2S/c1-4-5-24-9-6-21(2)18-28(24)40-16-17-44-31(40)38-30(42)37-22(3)19-23-7-10-25(11-8-23)29-36-20-41(39-29)26-12-14-27(15-13-26)43-32(33,34)35/h6-15,18,20H,4-5,16-17,19H2,1-3H3. The molecule has 3 aromatic carbocycles. The van der Waals surface area contributed by atoms with E-state index in [1.54, 1.807) is 18.7 Å². The third-order valence-corrected chi connectivity index (χ3v) is 7.76. The highest BCUT2D eigenvalue weighted by molar-refractivity contribution is 8.14. The molecule has 1 aliphatic heterocycles. The number of benzene rings is 3. The van der Waals surface area contributed by atoms with Gasteiger partial charge >= 0.3 is 12.4 Å². The highest BCUT2D eigenvalue weighted by Crippen LogP contribution is 2.31. The van der Waals surface area contributed by atoms with Crippen molar-refractivity contribution >= 4 is 34.4 Å². The number of nitrogens with zero attached hydrogens (tertiary/aromatic N) is 6. The summed E-state index contributed by atoms with van der Waals surface area (Å²) in [5.74, 6) is 1.00. The summed E-state index contributed by atoms with van der Waals surface area (Å²) in [6.45, 7) is 6.82. The maximum atomic E-state index is 12.8. The lowest BCUT2D eigenvalue weighted by molar-refractivity contribution is -0.274. The van der Waals surface area contributed by atoms with Crippen LogP contribution in [-0.4, -0.2) is 50.3 Å². The monoisotopic (exact) mass is 620 g/mol. The smallest absolute Gasteiger partial charge is 0.406 e. The first-order chi connectivity index (χ1) is 21.1. The lowest BCUT2D eigenvalue weighted by Crippen LogP contribution is -2.25. The van der Waals surface area contributed by atoms with Gasteiger partial charge < -0.3 is 9.64 Å². The van der Waals surface area contributed by atoms with Crippen molar-refractivity contribution < 1.29 is 22.7 Å². The summed E-state index contributed by atoms with van der Waals surface area (Å²) >= 11 is 1.57. The lowest BCUT2D eigenvalue weighted by Gasteiger charge is -2.21. The van der Waals surface area contributed by atoms with E-state index in [1.165, 1.54) is 46.4 Å². The van der Waals surface area contributed by atoms with Crippen molar-refractivity contribution in [1.82, 2.24) is 14.8 Å². The Hall–Kier alpha value is -4.45. The number of rotatable bonds is 8. The Bertz CT molecular complexity index is 1680. The Morgan fingerprint density at radius 2 is 1.82 bits per heavy atom. The molecule has 0 radical (unpaired) electrons. The highest BCUT2D eigenvalue weighted by atomic mass is 32.2. The predicted octanol–water partition coefficient (Wildman–Crippen LogP) is 7.83. The predicted molar refractivity (Wildman–Crippen MR) is 168 cm³/mol. The molecular weight excluding hydrogens is 589 g/mol. The number of anilines is 1. The average molecular weight is 621 g/mol. The summed E-state index contributed by atoms with van der Waals surface area (Å²) in [5.41, 5.74) is 6.42. The highest BCUT2D eigenvalue weighted by Gasteiger charge is 2.31. The molecule has 5 rings (SSSR count). The third-order valence-electron chi connectivity index (χ3n) is 6.80. The van der Waals surface area contributed by atoms with Gasteiger partial charge in [-0.25, -0.2) is 19.5 Å². The number of carbonyl (C=O) groups excluding carboxylic acids is 1. The van der Waals surface area contributed by atoms with Crippen LogP contribution in [0.5, 0.6) is 5.75 Å². The third kappa shape index (κ3) is 7.93. The van der Waals surface area contributed by atoms with Crippen LogP contribution in [0.3, 0.4) is 0 Å². The fraction of sp³-hybridized carbons (Fsp3) is 0.281. The molecule has 0 N–H and O–H groups in total. The molecule has 1 saturated heterocycles. The first kappa shape index (κ1) is 31.0. The molecule has 8 nitrogen and oxygen atoms in total. The normalized spacial score (nSPS) is 14.8. The minimum atomic E-state index is -4.75. The minimum absolute atomic E-state index is 0.312. The molecule has 1 aromatic heterocycles. The molecule has 12 heteroatoms. The van der Waals surface area contributed by atoms with Crippen LogP contribution < -0.4 is 9.64 Å². The lowest BCUT2D eigenvalue weighted by atomic mass is 10.0. The number of alkyl halides is 3. The summed E-state index contributed by atoms with van der Waals surface area (Å²) < 4.78 is 42.6. The second kappa shape index (κ2) is 13.5. The number of amides is 2. The van der Waals surface area contributed by atoms with E-state index in [9.17, 15) is 18.0 Å². The number of hydrogen-bond donors (Lipinski definition) is 0. The van der Waals surface area contributed by atoms with Crippen molar-refractivity contribution in [3.05, 3.63) is 89.7 Å². The van der Waals surface area contributed by atoms with Crippen LogP contribution in [0.4, 0.5) is 23.7 Å². The number of urea groups is 1. The van der Waals surface area contributed by atoms with E-state index in [1.807, 2.05) is 24.3 Å². The number of halogens is 3. The van der Waals surface area contributed by atoms with E-state index in [0.717, 1.165) is 42.0 Å². The summed E-state index contributed by atoms with van der Waals surface area (Å²) in [6.07, 6.45) is -0.793. The molecule has 44 heavy (non-hydrogen) atoms. The molecule has 0 spiro atoms. The number of thioether (sulfide) groups is 1. The van der Waals surface area contributed by atoms with Crippen LogP contribution in [0, 0.1) is 6.92 Å². The van der Waals surface area contributed by atoms with Gasteiger partial charge in [0.2, 0.25) is 0 Å². The number of hydrogen-bond acceptors (Lipinski definition) is 5. The van der Waals surface area contributed by atoms with Crippen LogP contribution >= 0.6 is 11.8 Å². The summed E-state index contributed by atoms with van der Waals surface area (Å²) in [4.78, 5) is 27.8. The van der Waals surface area contributed by atoms with Gasteiger partial charge in [-0.1, -0.05) is 61.5 Å². The van der Waals surface area contributed by atoms with Gasteiger partial charge in [0.15, 0.2) is 11.0 Å². The van der Waals surface area contributed by atoms with Crippen molar-refractivity contribution in [2.45, 2.75) is 46.4 Å². The van der Waals surface area contributed by atoms with E-state index >= 15 is 0 Å². The molecule has 4 aromatic rings. The van der Waals surface area contributed by atoms with Crippen LogP contribution in [0.15, 0.2) is 83.0 Å². The quantitative estimate of drug-likeness (QED) is 0.187. The molecule has 0 aliphatic carbocycles. The molecule has 1 aliphatic rings. The molecule has 228 valence electrons. The van der Waals surface area contributed by atoms with Crippen LogP contribution in [0.25, 0.3) is 17.1 Å². The number of amidine groups is 1. The van der Waals surface area contributed by atoms with Gasteiger partial charge in [0.25, 0.3) is 0 Å². The number of ether oxygens (including phenoxy) is 1. The Morgan fingerprint density at radius 3 is 2.52 bits per heavy atom. The van der Waals surface area contributed by atoms with Crippen LogP contribution in [0.1, 0.15) is 37.0 Å². The zero-order valence-corrected chi connectivity index (χ0v) is 25.3. The van der Waals surface area contributed by atoms with E-state index < -0.39 is 12.4 Å². The van der Waals surface area contributed by atoms with Gasteiger partial charge in [-0.05, 0) is 67.3 Å². The zero-order chi connectivity index (χ0) is 31.3. The van der Waals surface area contributed by atoms with Crippen molar-refractivity contribution in [2.24, 2.45) is 9.98 Å². The average Bonchev–Trinajstić information content (AvgIpc) is 3.64. The Kier molecular flexibility index (Phi) is 9.48. The van der Waals surface area contributed by atoms with Crippen molar-refractivity contribution in [3.8, 4) is 22.8 Å². The molecule has 0 atom stereocenters. The van der Waals surface area contributed by atoms with E-state index in [2.05, 4.69) is 61.8 Å². The van der Waals surface area contributed by atoms with Crippen LogP contribution in [0.2, 0.25) is 0 Å². The SMILES string of the molecule is CCCc1ccc(C)cc1N1CCSC1=NC(=O)N=C(C)Cc1ccc(-c2ncn(-c3ccc(OC(F)(F)F)cc3)n2)cc1. The van der Waals surface area contributed by atoms with Gasteiger partial charge in [-0.2, -0.15) is 4.99 Å². The van der Waals surface area contributed by atoms with Crippen molar-refractivity contribution in [3.63, 3.8) is 0 Å². The van der Waals surface area contributed by atoms with Gasteiger partial charge in [0, 0.05) is 35.7 Å². The van der Waals surface area contributed by atoms with E-state index in [-0.39, 0.29) is 5.75 Å². The molecule has 1 fully saturated rings. The Balaban J connectivity index is 1.22. The van der Waals surface area contributed by atoms with Crippen LogP contribution in [-0.2, 0) is 12.8 Å². The second-order valence-corrected chi connectivity index (χ2v) is 11.4. The number of aliphatic imine (C=N–C) groups is 2. The van der Waals surface area contributed by atoms with E-state index in [0.29, 0.717) is 28.8 Å². The number of aryl methyl sites for hydroxylation is 2. The molecule has 0 saturated carbocycles. The topological polar surface area (TPSA) is 85.0 Å². The maximum Gasteiger partial charge on any atom is 0.573 e. The van der Waals surface area contributed by atoms with Gasteiger partial charge in [-0.3, -0.25) is 0 Å².